The molecule has 0 saturated heterocycles. The number of carbonyl (C=O) groups excluding carboxylic acids is 1. The van der Waals surface area contributed by atoms with Crippen LogP contribution in [0.3, 0.4) is 0 Å². The fourth-order valence-electron chi connectivity index (χ4n) is 1.62. The molecule has 0 aliphatic heterocycles. The lowest BCUT2D eigenvalue weighted by molar-refractivity contribution is 0.0513. The van der Waals surface area contributed by atoms with Crippen LogP contribution >= 0.6 is 0 Å². The van der Waals surface area contributed by atoms with Gasteiger partial charge >= 0.3 is 13.2 Å². The molecule has 0 spiro atoms. The predicted molar refractivity (Wildman–Crippen MR) is 60.7 cm³/mol. The minimum atomic E-state index is -1.51. The summed E-state index contributed by atoms with van der Waals surface area (Å²) in [5, 5.41) is 20.7. The van der Waals surface area contributed by atoms with Crippen molar-refractivity contribution in [2.75, 3.05) is 0 Å². The minimum Gasteiger partial charge on any atom is -0.444 e. The van der Waals surface area contributed by atoms with Crippen LogP contribution < -0.4 is 5.32 Å². The molecule has 1 unspecified atom stereocenters. The third-order valence-corrected chi connectivity index (χ3v) is 2.23. The van der Waals surface area contributed by atoms with Crippen molar-refractivity contribution < 1.29 is 19.6 Å². The highest BCUT2D eigenvalue weighted by Gasteiger charge is 2.30. The number of alkyl carbamates (subject to hydrolysis) is 1. The first-order chi connectivity index (χ1) is 7.29. The molecular weight excluding hydrogens is 209 g/mol. The molecule has 90 valence electrons. The molecule has 1 rings (SSSR count). The molecule has 5 nitrogen and oxygen atoms in total. The lowest BCUT2D eigenvalue weighted by Crippen LogP contribution is -2.41. The first-order valence-electron chi connectivity index (χ1n) is 5.35. The molecule has 16 heavy (non-hydrogen) atoms. The van der Waals surface area contributed by atoms with Crippen LogP contribution in [-0.4, -0.2) is 34.9 Å². The van der Waals surface area contributed by atoms with E-state index in [1.165, 1.54) is 0 Å². The van der Waals surface area contributed by atoms with Crippen LogP contribution in [0.25, 0.3) is 0 Å². The molecule has 0 aromatic rings. The van der Waals surface area contributed by atoms with Gasteiger partial charge in [0.05, 0.1) is 6.04 Å². The molecule has 1 atom stereocenters. The van der Waals surface area contributed by atoms with E-state index in [-0.39, 0.29) is 6.04 Å². The van der Waals surface area contributed by atoms with Crippen molar-refractivity contribution in [3.05, 3.63) is 11.5 Å². The van der Waals surface area contributed by atoms with E-state index in [0.717, 1.165) is 6.42 Å². The molecule has 6 heteroatoms. The minimum absolute atomic E-state index is 0.338. The van der Waals surface area contributed by atoms with Gasteiger partial charge in [-0.05, 0) is 39.1 Å². The maximum absolute atomic E-state index is 11.5. The van der Waals surface area contributed by atoms with E-state index < -0.39 is 18.8 Å². The normalized spacial score (nSPS) is 20.3. The van der Waals surface area contributed by atoms with Crippen LogP contribution in [0.5, 0.6) is 0 Å². The lowest BCUT2D eigenvalue weighted by atomic mass is 9.76. The number of ether oxygens (including phenoxy) is 1. The average molecular weight is 227 g/mol. The highest BCUT2D eigenvalue weighted by atomic mass is 16.6. The van der Waals surface area contributed by atoms with E-state index in [1.807, 2.05) is 0 Å². The van der Waals surface area contributed by atoms with Gasteiger partial charge in [0.15, 0.2) is 0 Å². The Balaban J connectivity index is 2.49. The van der Waals surface area contributed by atoms with Crippen LogP contribution in [0.4, 0.5) is 4.79 Å². The van der Waals surface area contributed by atoms with Crippen molar-refractivity contribution in [2.45, 2.75) is 45.3 Å². The number of hydrogen-bond donors (Lipinski definition) is 3. The first-order valence-corrected chi connectivity index (χ1v) is 5.35. The zero-order valence-electron chi connectivity index (χ0n) is 9.86. The third-order valence-electron chi connectivity index (χ3n) is 2.23. The molecular formula is C10H18BNO4. The van der Waals surface area contributed by atoms with Crippen molar-refractivity contribution in [3.8, 4) is 0 Å². The number of hydrogen-bond acceptors (Lipinski definition) is 4. The number of amides is 1. The van der Waals surface area contributed by atoms with Crippen LogP contribution in [0.2, 0.25) is 0 Å². The van der Waals surface area contributed by atoms with Gasteiger partial charge in [-0.25, -0.2) is 4.79 Å². The van der Waals surface area contributed by atoms with Crippen LogP contribution in [0, 0.1) is 0 Å². The highest BCUT2D eigenvalue weighted by molar-refractivity contribution is 6.51. The largest absolute Gasteiger partial charge is 0.485 e. The topological polar surface area (TPSA) is 78.8 Å². The summed E-state index contributed by atoms with van der Waals surface area (Å²) < 4.78 is 5.09. The molecule has 1 amide bonds. The summed E-state index contributed by atoms with van der Waals surface area (Å²) in [7, 11) is -1.51. The lowest BCUT2D eigenvalue weighted by Gasteiger charge is -2.22. The zero-order chi connectivity index (χ0) is 12.3. The van der Waals surface area contributed by atoms with E-state index in [1.54, 1.807) is 26.8 Å². The van der Waals surface area contributed by atoms with Gasteiger partial charge in [0.2, 0.25) is 0 Å². The summed E-state index contributed by atoms with van der Waals surface area (Å²) >= 11 is 0. The molecule has 1 aliphatic rings. The van der Waals surface area contributed by atoms with Crippen molar-refractivity contribution in [1.29, 1.82) is 0 Å². The van der Waals surface area contributed by atoms with Crippen LogP contribution in [0.1, 0.15) is 33.6 Å². The van der Waals surface area contributed by atoms with E-state index >= 15 is 0 Å². The van der Waals surface area contributed by atoms with E-state index in [0.29, 0.717) is 11.9 Å². The van der Waals surface area contributed by atoms with Gasteiger partial charge in [0.25, 0.3) is 0 Å². The summed E-state index contributed by atoms with van der Waals surface area (Å²) in [6.07, 6.45) is 2.60. The molecule has 0 fully saturated rings. The zero-order valence-corrected chi connectivity index (χ0v) is 9.86. The smallest absolute Gasteiger partial charge is 0.444 e. The Hall–Kier alpha value is -1.01. The second kappa shape index (κ2) is 4.89. The van der Waals surface area contributed by atoms with E-state index in [2.05, 4.69) is 5.32 Å². The Labute approximate surface area is 95.6 Å². The van der Waals surface area contributed by atoms with Crippen molar-refractivity contribution in [3.63, 3.8) is 0 Å². The Morgan fingerprint density at radius 3 is 2.69 bits per heavy atom. The summed E-state index contributed by atoms with van der Waals surface area (Å²) in [5.74, 6) is 0. The Morgan fingerprint density at radius 1 is 1.56 bits per heavy atom. The standard InChI is InChI=1S/C10H18BNO4/c1-10(2,3)16-9(13)12-8-6-4-5-7(8)11(14)15/h5,8,14-15H,4,6H2,1-3H3,(H,12,13). The third kappa shape index (κ3) is 3.86. The maximum atomic E-state index is 11.5. The summed E-state index contributed by atoms with van der Waals surface area (Å²) in [6, 6.07) is -0.338. The van der Waals surface area contributed by atoms with Crippen molar-refractivity contribution in [1.82, 2.24) is 5.32 Å². The van der Waals surface area contributed by atoms with Crippen molar-refractivity contribution in [2.24, 2.45) is 0 Å². The fraction of sp³-hybridized carbons (Fsp3) is 0.700. The molecule has 0 heterocycles. The van der Waals surface area contributed by atoms with Gasteiger partial charge in [-0.2, -0.15) is 0 Å². The molecule has 0 aromatic carbocycles. The summed E-state index contributed by atoms with van der Waals surface area (Å²) in [6.45, 7) is 5.33. The number of allylic oxidation sites excluding steroid dienone is 1. The van der Waals surface area contributed by atoms with Gasteiger partial charge in [-0.3, -0.25) is 0 Å². The first kappa shape index (κ1) is 13.1. The molecule has 1 aliphatic carbocycles. The maximum Gasteiger partial charge on any atom is 0.485 e. The molecule has 0 saturated carbocycles. The molecule has 3 N–H and O–H groups in total. The summed E-state index contributed by atoms with van der Waals surface area (Å²) in [5.41, 5.74) is -0.115. The van der Waals surface area contributed by atoms with Crippen molar-refractivity contribution >= 4 is 13.2 Å². The van der Waals surface area contributed by atoms with Gasteiger partial charge in [0, 0.05) is 0 Å². The van der Waals surface area contributed by atoms with Crippen LogP contribution in [0.15, 0.2) is 11.5 Å². The summed E-state index contributed by atoms with van der Waals surface area (Å²) in [4.78, 5) is 11.5. The number of carbonyl (C=O) groups is 1. The number of nitrogens with one attached hydrogen (secondary N) is 1. The molecule has 0 radical (unpaired) electrons. The monoisotopic (exact) mass is 227 g/mol. The quantitative estimate of drug-likeness (QED) is 0.604. The SMILES string of the molecule is CC(C)(C)OC(=O)NC1CCC=C1B(O)O. The molecule has 0 bridgehead atoms. The number of rotatable bonds is 2. The fourth-order valence-corrected chi connectivity index (χ4v) is 1.62. The predicted octanol–water partition coefficient (Wildman–Crippen LogP) is 0.612. The molecule has 0 aromatic heterocycles. The highest BCUT2D eigenvalue weighted by Crippen LogP contribution is 2.20. The second-order valence-electron chi connectivity index (χ2n) is 4.85. The van der Waals surface area contributed by atoms with Gasteiger partial charge in [-0.15, -0.1) is 0 Å². The van der Waals surface area contributed by atoms with E-state index in [4.69, 9.17) is 14.8 Å². The van der Waals surface area contributed by atoms with Gasteiger partial charge in [0.1, 0.15) is 5.60 Å². The Kier molecular flexibility index (Phi) is 3.99. The average Bonchev–Trinajstić information content (AvgIpc) is 2.47. The Morgan fingerprint density at radius 2 is 2.19 bits per heavy atom. The Bertz CT molecular complexity index is 296. The van der Waals surface area contributed by atoms with Gasteiger partial charge < -0.3 is 20.1 Å². The van der Waals surface area contributed by atoms with Gasteiger partial charge in [-0.1, -0.05) is 6.08 Å². The van der Waals surface area contributed by atoms with E-state index in [9.17, 15) is 4.79 Å². The second-order valence-corrected chi connectivity index (χ2v) is 4.85. The van der Waals surface area contributed by atoms with Crippen LogP contribution in [-0.2, 0) is 4.74 Å².